The van der Waals surface area contributed by atoms with Gasteiger partial charge in [-0.15, -0.1) is 0 Å². The Labute approximate surface area is 124 Å². The zero-order valence-corrected chi connectivity index (χ0v) is 12.3. The molecule has 1 atom stereocenters. The molecule has 0 aliphatic heterocycles. The Morgan fingerprint density at radius 2 is 1.90 bits per heavy atom. The highest BCUT2D eigenvalue weighted by Crippen LogP contribution is 2.07. The Balaban J connectivity index is 2.75. The SMILES string of the molecule is CC(C)(C)OC(=O)NC(C#Cc1ccccc1)CC(=O)O. The first-order valence-electron chi connectivity index (χ1n) is 6.54. The first-order chi connectivity index (χ1) is 9.76. The van der Waals surface area contributed by atoms with Gasteiger partial charge in [0.1, 0.15) is 11.6 Å². The van der Waals surface area contributed by atoms with Gasteiger partial charge in [0.05, 0.1) is 6.42 Å². The zero-order chi connectivity index (χ0) is 15.9. The summed E-state index contributed by atoms with van der Waals surface area (Å²) in [6.07, 6.45) is -0.977. The molecule has 1 unspecified atom stereocenters. The Morgan fingerprint density at radius 3 is 2.43 bits per heavy atom. The summed E-state index contributed by atoms with van der Waals surface area (Å²) in [6, 6.07) is 8.32. The number of rotatable bonds is 3. The normalized spacial score (nSPS) is 11.8. The Kier molecular flexibility index (Phi) is 5.79. The second kappa shape index (κ2) is 7.34. The monoisotopic (exact) mass is 289 g/mol. The second-order valence-corrected chi connectivity index (χ2v) is 5.43. The van der Waals surface area contributed by atoms with Crippen LogP contribution in [0.1, 0.15) is 32.8 Å². The third-order valence-corrected chi connectivity index (χ3v) is 2.23. The summed E-state index contributed by atoms with van der Waals surface area (Å²) in [5.74, 6) is 4.53. The largest absolute Gasteiger partial charge is 0.481 e. The molecule has 112 valence electrons. The van der Waals surface area contributed by atoms with Gasteiger partial charge in [0, 0.05) is 5.56 Å². The van der Waals surface area contributed by atoms with Crippen LogP contribution in [0.2, 0.25) is 0 Å². The van der Waals surface area contributed by atoms with E-state index in [1.807, 2.05) is 18.2 Å². The van der Waals surface area contributed by atoms with Crippen LogP contribution >= 0.6 is 0 Å². The maximum absolute atomic E-state index is 11.7. The number of hydrogen-bond acceptors (Lipinski definition) is 3. The summed E-state index contributed by atoms with van der Waals surface area (Å²) in [5, 5.41) is 11.3. The molecule has 1 rings (SSSR count). The molecular formula is C16H19NO4. The quantitative estimate of drug-likeness (QED) is 0.838. The Bertz CT molecular complexity index is 549. The molecule has 1 aromatic carbocycles. The van der Waals surface area contributed by atoms with Gasteiger partial charge in [-0.3, -0.25) is 4.79 Å². The summed E-state index contributed by atoms with van der Waals surface area (Å²) in [7, 11) is 0. The van der Waals surface area contributed by atoms with E-state index in [1.54, 1.807) is 32.9 Å². The number of amides is 1. The molecule has 0 aliphatic rings. The number of hydrogen-bond donors (Lipinski definition) is 2. The summed E-state index contributed by atoms with van der Waals surface area (Å²) in [6.45, 7) is 5.19. The fraction of sp³-hybridized carbons (Fsp3) is 0.375. The number of aliphatic carboxylic acids is 1. The van der Waals surface area contributed by atoms with Crippen LogP contribution in [0.25, 0.3) is 0 Å². The van der Waals surface area contributed by atoms with Crippen molar-refractivity contribution in [1.82, 2.24) is 5.32 Å². The second-order valence-electron chi connectivity index (χ2n) is 5.43. The molecule has 0 spiro atoms. The van der Waals surface area contributed by atoms with E-state index in [0.29, 0.717) is 0 Å². The van der Waals surface area contributed by atoms with Crippen LogP contribution in [-0.4, -0.2) is 28.8 Å². The number of alkyl carbamates (subject to hydrolysis) is 1. The summed E-state index contributed by atoms with van der Waals surface area (Å²) in [4.78, 5) is 22.5. The topological polar surface area (TPSA) is 75.6 Å². The number of carbonyl (C=O) groups excluding carboxylic acids is 1. The molecule has 0 radical (unpaired) electrons. The molecule has 2 N–H and O–H groups in total. The fourth-order valence-electron chi connectivity index (χ4n) is 1.45. The van der Waals surface area contributed by atoms with Crippen molar-refractivity contribution in [2.45, 2.75) is 38.8 Å². The molecule has 0 bridgehead atoms. The molecule has 0 fully saturated rings. The van der Waals surface area contributed by atoms with Gasteiger partial charge < -0.3 is 15.2 Å². The van der Waals surface area contributed by atoms with Crippen LogP contribution in [0, 0.1) is 11.8 Å². The van der Waals surface area contributed by atoms with Gasteiger partial charge in [0.25, 0.3) is 0 Å². The zero-order valence-electron chi connectivity index (χ0n) is 12.3. The van der Waals surface area contributed by atoms with E-state index in [1.165, 1.54) is 0 Å². The first kappa shape index (κ1) is 16.6. The van der Waals surface area contributed by atoms with E-state index < -0.39 is 23.7 Å². The average Bonchev–Trinajstić information content (AvgIpc) is 2.34. The molecule has 1 amide bonds. The van der Waals surface area contributed by atoms with Crippen LogP contribution in [0.3, 0.4) is 0 Å². The Morgan fingerprint density at radius 1 is 1.29 bits per heavy atom. The predicted molar refractivity (Wildman–Crippen MR) is 78.7 cm³/mol. The average molecular weight is 289 g/mol. The van der Waals surface area contributed by atoms with E-state index in [-0.39, 0.29) is 6.42 Å². The van der Waals surface area contributed by atoms with Gasteiger partial charge in [-0.05, 0) is 32.9 Å². The van der Waals surface area contributed by atoms with Crippen LogP contribution < -0.4 is 5.32 Å². The van der Waals surface area contributed by atoms with Crippen molar-refractivity contribution < 1.29 is 19.4 Å². The summed E-state index contributed by atoms with van der Waals surface area (Å²) < 4.78 is 5.09. The van der Waals surface area contributed by atoms with Crippen LogP contribution in [-0.2, 0) is 9.53 Å². The Hall–Kier alpha value is -2.48. The number of nitrogens with one attached hydrogen (secondary N) is 1. The smallest absolute Gasteiger partial charge is 0.408 e. The number of benzene rings is 1. The van der Waals surface area contributed by atoms with E-state index in [0.717, 1.165) is 5.56 Å². The van der Waals surface area contributed by atoms with E-state index in [4.69, 9.17) is 9.84 Å². The summed E-state index contributed by atoms with van der Waals surface area (Å²) >= 11 is 0. The molecule has 5 nitrogen and oxygen atoms in total. The lowest BCUT2D eigenvalue weighted by Crippen LogP contribution is -2.39. The highest BCUT2D eigenvalue weighted by molar-refractivity contribution is 5.72. The number of ether oxygens (including phenoxy) is 1. The minimum absolute atomic E-state index is 0.293. The summed E-state index contributed by atoms with van der Waals surface area (Å²) in [5.41, 5.74) is 0.101. The van der Waals surface area contributed by atoms with Crippen LogP contribution in [0.5, 0.6) is 0 Å². The van der Waals surface area contributed by atoms with E-state index in [2.05, 4.69) is 17.2 Å². The van der Waals surface area contributed by atoms with Crippen molar-refractivity contribution >= 4 is 12.1 Å². The van der Waals surface area contributed by atoms with Gasteiger partial charge in [-0.1, -0.05) is 30.0 Å². The standard InChI is InChI=1S/C16H19NO4/c1-16(2,3)21-15(20)17-13(11-14(18)19)10-9-12-7-5-4-6-8-12/h4-8,13H,11H2,1-3H3,(H,17,20)(H,18,19). The highest BCUT2D eigenvalue weighted by Gasteiger charge is 2.19. The van der Waals surface area contributed by atoms with Crippen LogP contribution in [0.15, 0.2) is 30.3 Å². The maximum Gasteiger partial charge on any atom is 0.408 e. The van der Waals surface area contributed by atoms with Gasteiger partial charge in [-0.25, -0.2) is 4.79 Å². The lowest BCUT2D eigenvalue weighted by atomic mass is 10.1. The predicted octanol–water partition coefficient (Wildman–Crippen LogP) is 2.41. The van der Waals surface area contributed by atoms with Crippen molar-refractivity contribution in [3.8, 4) is 11.8 Å². The molecule has 0 aliphatic carbocycles. The highest BCUT2D eigenvalue weighted by atomic mass is 16.6. The maximum atomic E-state index is 11.7. The van der Waals surface area contributed by atoms with Crippen molar-refractivity contribution in [1.29, 1.82) is 0 Å². The first-order valence-corrected chi connectivity index (χ1v) is 6.54. The molecule has 0 saturated carbocycles. The van der Waals surface area contributed by atoms with Gasteiger partial charge in [0.2, 0.25) is 0 Å². The third kappa shape index (κ3) is 7.63. The third-order valence-electron chi connectivity index (χ3n) is 2.23. The van der Waals surface area contributed by atoms with E-state index >= 15 is 0 Å². The molecule has 0 heterocycles. The van der Waals surface area contributed by atoms with Gasteiger partial charge >= 0.3 is 12.1 Å². The molecular weight excluding hydrogens is 270 g/mol. The minimum atomic E-state index is -1.04. The molecule has 0 aromatic heterocycles. The van der Waals surface area contributed by atoms with Crippen molar-refractivity contribution in [2.75, 3.05) is 0 Å². The molecule has 21 heavy (non-hydrogen) atoms. The van der Waals surface area contributed by atoms with Gasteiger partial charge in [0.15, 0.2) is 0 Å². The van der Waals surface area contributed by atoms with Crippen molar-refractivity contribution in [3.63, 3.8) is 0 Å². The number of carbonyl (C=O) groups is 2. The van der Waals surface area contributed by atoms with Gasteiger partial charge in [-0.2, -0.15) is 0 Å². The van der Waals surface area contributed by atoms with Crippen molar-refractivity contribution in [2.24, 2.45) is 0 Å². The number of carboxylic acids is 1. The van der Waals surface area contributed by atoms with E-state index in [9.17, 15) is 9.59 Å². The van der Waals surface area contributed by atoms with Crippen LogP contribution in [0.4, 0.5) is 4.79 Å². The molecule has 5 heteroatoms. The van der Waals surface area contributed by atoms with Crippen molar-refractivity contribution in [3.05, 3.63) is 35.9 Å². The number of carboxylic acid groups (broad SMARTS) is 1. The lowest BCUT2D eigenvalue weighted by molar-refractivity contribution is -0.137. The molecule has 1 aromatic rings. The molecule has 0 saturated heterocycles. The minimum Gasteiger partial charge on any atom is -0.481 e. The fourth-order valence-corrected chi connectivity index (χ4v) is 1.45. The lowest BCUT2D eigenvalue weighted by Gasteiger charge is -2.21.